The Kier molecular flexibility index (Phi) is 5.94. The second kappa shape index (κ2) is 8.98. The lowest BCUT2D eigenvalue weighted by Gasteiger charge is -2.34. The first-order valence-corrected chi connectivity index (χ1v) is 10.4. The lowest BCUT2D eigenvalue weighted by molar-refractivity contribution is -0.119. The molecule has 0 aliphatic carbocycles. The number of nitrogens with one attached hydrogen (secondary N) is 2. The summed E-state index contributed by atoms with van der Waals surface area (Å²) in [6, 6.07) is 12.9. The third-order valence-electron chi connectivity index (χ3n) is 5.35. The first-order chi connectivity index (χ1) is 15.4. The number of anilines is 4. The van der Waals surface area contributed by atoms with Crippen LogP contribution in [-0.4, -0.2) is 42.1 Å². The molecule has 2 heterocycles. The third kappa shape index (κ3) is 4.64. The molecule has 1 saturated heterocycles. The number of carbonyl (C=O) groups is 1. The number of piperidine rings is 1. The summed E-state index contributed by atoms with van der Waals surface area (Å²) in [5.74, 6) is 1.83. The van der Waals surface area contributed by atoms with Gasteiger partial charge in [0.1, 0.15) is 11.6 Å². The lowest BCUT2D eigenvalue weighted by atomic mass is 10.0. The molecule has 9 heteroatoms. The molecule has 0 spiro atoms. The molecular formula is C23H25N7O2. The normalized spacial score (nSPS) is 15.8. The van der Waals surface area contributed by atoms with Gasteiger partial charge in [0, 0.05) is 42.8 Å². The van der Waals surface area contributed by atoms with Crippen molar-refractivity contribution in [2.75, 3.05) is 36.1 Å². The molecule has 1 aliphatic rings. The Hall–Kier alpha value is -4.06. The fourth-order valence-corrected chi connectivity index (χ4v) is 4.01. The number of nitriles is 1. The number of carbonyl (C=O) groups excluding carboxylic acids is 1. The zero-order chi connectivity index (χ0) is 22.7. The number of hydrogen-bond acceptors (Lipinski definition) is 8. The fourth-order valence-electron chi connectivity index (χ4n) is 4.01. The molecule has 1 atom stereocenters. The van der Waals surface area contributed by atoms with Crippen molar-refractivity contribution in [1.82, 2.24) is 15.3 Å². The minimum absolute atomic E-state index is 0.0385. The average Bonchev–Trinajstić information content (AvgIpc) is 2.77. The molecule has 4 N–H and O–H groups in total. The molecule has 0 bridgehead atoms. The van der Waals surface area contributed by atoms with Gasteiger partial charge in [-0.3, -0.25) is 4.79 Å². The second-order valence-electron chi connectivity index (χ2n) is 7.82. The monoisotopic (exact) mass is 431 g/mol. The molecule has 3 aromatic rings. The minimum Gasteiger partial charge on any atom is -0.497 e. The van der Waals surface area contributed by atoms with E-state index < -0.39 is 0 Å². The summed E-state index contributed by atoms with van der Waals surface area (Å²) in [5, 5.41) is 16.3. The molecule has 2 aromatic carbocycles. The Morgan fingerprint density at radius 3 is 2.88 bits per heavy atom. The number of benzene rings is 2. The molecule has 1 fully saturated rings. The van der Waals surface area contributed by atoms with E-state index in [9.17, 15) is 10.1 Å². The highest BCUT2D eigenvalue weighted by Gasteiger charge is 2.24. The molecule has 0 unspecified atom stereocenters. The predicted molar refractivity (Wildman–Crippen MR) is 124 cm³/mol. The van der Waals surface area contributed by atoms with Gasteiger partial charge >= 0.3 is 0 Å². The zero-order valence-corrected chi connectivity index (χ0v) is 18.1. The van der Waals surface area contributed by atoms with Gasteiger partial charge in [-0.05, 0) is 49.2 Å². The van der Waals surface area contributed by atoms with E-state index in [1.807, 2.05) is 18.2 Å². The van der Waals surface area contributed by atoms with Crippen molar-refractivity contribution in [1.29, 1.82) is 5.26 Å². The largest absolute Gasteiger partial charge is 0.497 e. The van der Waals surface area contributed by atoms with Crippen molar-refractivity contribution in [3.05, 3.63) is 42.0 Å². The number of nitrogens with two attached hydrogens (primary N) is 1. The number of aromatic nitrogens is 2. The van der Waals surface area contributed by atoms with Gasteiger partial charge in [-0.2, -0.15) is 10.2 Å². The maximum atomic E-state index is 11.6. The summed E-state index contributed by atoms with van der Waals surface area (Å²) in [4.78, 5) is 23.2. The summed E-state index contributed by atoms with van der Waals surface area (Å²) < 4.78 is 5.41. The van der Waals surface area contributed by atoms with Crippen molar-refractivity contribution in [2.24, 2.45) is 0 Å². The van der Waals surface area contributed by atoms with Crippen LogP contribution in [0.3, 0.4) is 0 Å². The number of fused-ring (bicyclic) bond motifs is 1. The van der Waals surface area contributed by atoms with Gasteiger partial charge in [0.15, 0.2) is 0 Å². The summed E-state index contributed by atoms with van der Waals surface area (Å²) in [7, 11) is 1.62. The fraction of sp³-hybridized carbons (Fsp3) is 0.304. The number of amides is 1. The van der Waals surface area contributed by atoms with Gasteiger partial charge in [0.25, 0.3) is 0 Å². The number of ether oxygens (including phenoxy) is 1. The van der Waals surface area contributed by atoms with Crippen LogP contribution in [0.5, 0.6) is 5.75 Å². The topological polar surface area (TPSA) is 129 Å². The smallest absolute Gasteiger partial charge is 0.229 e. The summed E-state index contributed by atoms with van der Waals surface area (Å²) in [6.45, 7) is 3.00. The van der Waals surface area contributed by atoms with Gasteiger partial charge in [-0.25, -0.2) is 4.98 Å². The first-order valence-electron chi connectivity index (χ1n) is 10.4. The molecule has 164 valence electrons. The third-order valence-corrected chi connectivity index (χ3v) is 5.35. The standard InChI is InChI=1S/C23H25N7O2/c1-14(31)26-17-4-3-7-30(13-17)22-20-11-19(32-2)5-6-21(20)28-23(29-22)27-18-9-15(12-24)8-16(25)10-18/h5-6,8-11,17H,3-4,7,13,25H2,1-2H3,(H,26,31)(H,27,28,29)/t17-/m1/s1. The van der Waals surface area contributed by atoms with Gasteiger partial charge < -0.3 is 26.0 Å². The van der Waals surface area contributed by atoms with Crippen molar-refractivity contribution in [3.8, 4) is 11.8 Å². The van der Waals surface area contributed by atoms with E-state index in [1.54, 1.807) is 25.3 Å². The van der Waals surface area contributed by atoms with Crippen LogP contribution in [0.1, 0.15) is 25.3 Å². The molecule has 32 heavy (non-hydrogen) atoms. The highest BCUT2D eigenvalue weighted by Crippen LogP contribution is 2.31. The molecule has 1 amide bonds. The zero-order valence-electron chi connectivity index (χ0n) is 18.1. The van der Waals surface area contributed by atoms with E-state index >= 15 is 0 Å². The Labute approximate surface area is 186 Å². The maximum absolute atomic E-state index is 11.6. The van der Waals surface area contributed by atoms with Crippen LogP contribution in [0, 0.1) is 11.3 Å². The Balaban J connectivity index is 1.75. The van der Waals surface area contributed by atoms with Crippen LogP contribution in [0.4, 0.5) is 23.1 Å². The van der Waals surface area contributed by atoms with Gasteiger partial charge in [-0.15, -0.1) is 0 Å². The van der Waals surface area contributed by atoms with Crippen LogP contribution in [0.2, 0.25) is 0 Å². The molecule has 1 aromatic heterocycles. The Morgan fingerprint density at radius 1 is 1.28 bits per heavy atom. The van der Waals surface area contributed by atoms with Crippen LogP contribution in [0.25, 0.3) is 10.9 Å². The van der Waals surface area contributed by atoms with E-state index in [0.29, 0.717) is 35.2 Å². The summed E-state index contributed by atoms with van der Waals surface area (Å²) in [5.41, 5.74) is 8.24. The molecule has 0 radical (unpaired) electrons. The highest BCUT2D eigenvalue weighted by molar-refractivity contribution is 5.92. The van der Waals surface area contributed by atoms with E-state index in [0.717, 1.165) is 36.1 Å². The average molecular weight is 432 g/mol. The van der Waals surface area contributed by atoms with E-state index in [1.165, 1.54) is 6.92 Å². The SMILES string of the molecule is COc1ccc2nc(Nc3cc(N)cc(C#N)c3)nc(N3CCC[C@@H](NC(C)=O)C3)c2c1. The number of methoxy groups -OCH3 is 1. The molecule has 1 aliphatic heterocycles. The quantitative estimate of drug-likeness (QED) is 0.526. The Bertz CT molecular complexity index is 1200. The van der Waals surface area contributed by atoms with Gasteiger partial charge in [0.2, 0.25) is 11.9 Å². The van der Waals surface area contributed by atoms with Crippen molar-refractivity contribution < 1.29 is 9.53 Å². The second-order valence-corrected chi connectivity index (χ2v) is 7.82. The number of hydrogen-bond donors (Lipinski definition) is 3. The van der Waals surface area contributed by atoms with E-state index in [-0.39, 0.29) is 11.9 Å². The van der Waals surface area contributed by atoms with Crippen molar-refractivity contribution in [2.45, 2.75) is 25.8 Å². The minimum atomic E-state index is -0.0385. The summed E-state index contributed by atoms with van der Waals surface area (Å²) >= 11 is 0. The maximum Gasteiger partial charge on any atom is 0.229 e. The summed E-state index contributed by atoms with van der Waals surface area (Å²) in [6.07, 6.45) is 1.86. The van der Waals surface area contributed by atoms with Crippen LogP contribution >= 0.6 is 0 Å². The van der Waals surface area contributed by atoms with Gasteiger partial charge in [0.05, 0.1) is 24.3 Å². The molecule has 9 nitrogen and oxygen atoms in total. The first kappa shape index (κ1) is 21.2. The molecule has 4 rings (SSSR count). The van der Waals surface area contributed by atoms with E-state index in [4.69, 9.17) is 15.5 Å². The van der Waals surface area contributed by atoms with Crippen molar-refractivity contribution >= 4 is 40.0 Å². The molecule has 0 saturated carbocycles. The van der Waals surface area contributed by atoms with E-state index in [2.05, 4.69) is 26.6 Å². The van der Waals surface area contributed by atoms with Gasteiger partial charge in [-0.1, -0.05) is 0 Å². The van der Waals surface area contributed by atoms with Crippen LogP contribution < -0.4 is 26.0 Å². The van der Waals surface area contributed by atoms with Crippen LogP contribution in [-0.2, 0) is 4.79 Å². The van der Waals surface area contributed by atoms with Crippen molar-refractivity contribution in [3.63, 3.8) is 0 Å². The lowest BCUT2D eigenvalue weighted by Crippen LogP contribution is -2.47. The number of rotatable bonds is 5. The number of nitrogens with zero attached hydrogens (tertiary/aromatic N) is 4. The number of nitrogen functional groups attached to an aromatic ring is 1. The molecular weight excluding hydrogens is 406 g/mol. The van der Waals surface area contributed by atoms with Crippen LogP contribution in [0.15, 0.2) is 36.4 Å². The highest BCUT2D eigenvalue weighted by atomic mass is 16.5. The Morgan fingerprint density at radius 2 is 2.12 bits per heavy atom. The predicted octanol–water partition coefficient (Wildman–Crippen LogP) is 2.94.